The molecule has 4 atom stereocenters. The minimum Gasteiger partial charge on any atom is -0.352 e. The highest BCUT2D eigenvalue weighted by molar-refractivity contribution is 7.71. The minimum absolute atomic E-state index is 0.0258. The molecule has 2 heterocycles. The summed E-state index contributed by atoms with van der Waals surface area (Å²) in [5, 5.41) is 0. The van der Waals surface area contributed by atoms with Gasteiger partial charge in [0, 0.05) is 12.9 Å². The number of nitrogens with zero attached hydrogens (tertiary/aromatic N) is 1. The van der Waals surface area contributed by atoms with E-state index in [4.69, 9.17) is 26.0 Å². The molecule has 1 aliphatic rings. The van der Waals surface area contributed by atoms with Gasteiger partial charge in [-0.2, -0.15) is 0 Å². The first kappa shape index (κ1) is 20.9. The van der Waals surface area contributed by atoms with Gasteiger partial charge in [0.25, 0.3) is 5.56 Å². The van der Waals surface area contributed by atoms with Crippen LogP contribution in [0.4, 0.5) is 0 Å². The summed E-state index contributed by atoms with van der Waals surface area (Å²) >= 11 is 5.13. The Hall–Kier alpha value is -1.38. The molecule has 144 valence electrons. The number of hydrogen-bond donors (Lipinski definition) is 1. The molecule has 1 aromatic heterocycles. The zero-order chi connectivity index (χ0) is 19.5. The van der Waals surface area contributed by atoms with E-state index in [1.165, 1.54) is 17.4 Å². The zero-order valence-electron chi connectivity index (χ0n) is 15.0. The third-order valence-electron chi connectivity index (χ3n) is 4.06. The number of carbonyl (C=O) groups excluding carboxylic acids is 1. The lowest BCUT2D eigenvalue weighted by atomic mass is 10.2. The molecule has 1 N–H and O–H groups in total. The molecular formula is C16H23N2O6PS. The van der Waals surface area contributed by atoms with Gasteiger partial charge in [-0.15, -0.1) is 0 Å². The molecule has 1 saturated heterocycles. The number of aromatic amines is 1. The molecule has 26 heavy (non-hydrogen) atoms. The molecule has 2 rings (SSSR count). The highest BCUT2D eigenvalue weighted by atomic mass is 32.1. The molecule has 10 heteroatoms. The fourth-order valence-electron chi connectivity index (χ4n) is 2.44. The summed E-state index contributed by atoms with van der Waals surface area (Å²) in [5.74, 6) is 0. The van der Waals surface area contributed by atoms with Crippen molar-refractivity contribution in [2.24, 2.45) is 0 Å². The van der Waals surface area contributed by atoms with Crippen molar-refractivity contribution in [3.63, 3.8) is 0 Å². The Morgan fingerprint density at radius 2 is 2.31 bits per heavy atom. The predicted molar refractivity (Wildman–Crippen MR) is 99.3 cm³/mol. The average Bonchev–Trinajstić information content (AvgIpc) is 3.01. The maximum Gasteiger partial charge on any atom is 0.328 e. The van der Waals surface area contributed by atoms with Crippen LogP contribution in [0.5, 0.6) is 0 Å². The van der Waals surface area contributed by atoms with E-state index in [2.05, 4.69) is 11.6 Å². The number of rotatable bonds is 8. The van der Waals surface area contributed by atoms with E-state index < -0.39 is 19.4 Å². The van der Waals surface area contributed by atoms with Crippen LogP contribution in [0.15, 0.2) is 23.1 Å². The van der Waals surface area contributed by atoms with Crippen molar-refractivity contribution < 1.29 is 23.1 Å². The quantitative estimate of drug-likeness (QED) is 0.308. The zero-order valence-corrected chi connectivity index (χ0v) is 16.7. The van der Waals surface area contributed by atoms with Gasteiger partial charge < -0.3 is 13.8 Å². The summed E-state index contributed by atoms with van der Waals surface area (Å²) < 4.78 is 30.8. The van der Waals surface area contributed by atoms with Crippen LogP contribution in [0.3, 0.4) is 0 Å². The Bertz CT molecular complexity index is 848. The molecule has 0 bridgehead atoms. The van der Waals surface area contributed by atoms with E-state index in [0.29, 0.717) is 19.1 Å². The molecule has 1 fully saturated rings. The molecule has 4 unspecified atom stereocenters. The SMILES string of the molecule is C=C(C)C(C)OP(C)(=O)OCC1CCC(n2cc(C=O)c(=O)[nH]c2=S)O1. The Labute approximate surface area is 156 Å². The van der Waals surface area contributed by atoms with Crippen molar-refractivity contribution in [2.45, 2.75) is 45.1 Å². The van der Waals surface area contributed by atoms with Crippen molar-refractivity contribution in [3.8, 4) is 0 Å². The molecule has 1 aliphatic heterocycles. The van der Waals surface area contributed by atoms with Gasteiger partial charge in [-0.1, -0.05) is 12.2 Å². The molecule has 0 saturated carbocycles. The third kappa shape index (κ3) is 5.31. The van der Waals surface area contributed by atoms with Gasteiger partial charge in [-0.3, -0.25) is 23.7 Å². The Morgan fingerprint density at radius 3 is 2.92 bits per heavy atom. The number of aromatic nitrogens is 2. The molecule has 0 aromatic carbocycles. The standard InChI is InChI=1S/C16H23N2O6PS/c1-10(2)11(3)24-25(4,21)22-9-13-5-6-14(23-13)18-7-12(8-19)15(20)17-16(18)26/h7-8,11,13-14H,1,5-6,9H2,2-4H3,(H,17,20,26). The van der Waals surface area contributed by atoms with Gasteiger partial charge in [0.1, 0.15) is 6.23 Å². The van der Waals surface area contributed by atoms with Gasteiger partial charge in [-0.05, 0) is 38.9 Å². The maximum absolute atomic E-state index is 12.4. The van der Waals surface area contributed by atoms with Crippen LogP contribution in [0.1, 0.15) is 43.3 Å². The Kier molecular flexibility index (Phi) is 6.87. The molecular weight excluding hydrogens is 379 g/mol. The second-order valence-corrected chi connectivity index (χ2v) is 8.72. The van der Waals surface area contributed by atoms with E-state index in [1.54, 1.807) is 13.8 Å². The highest BCUT2D eigenvalue weighted by Gasteiger charge is 2.30. The summed E-state index contributed by atoms with van der Waals surface area (Å²) in [5.41, 5.74) is 0.197. The summed E-state index contributed by atoms with van der Waals surface area (Å²) in [6.07, 6.45) is 2.01. The van der Waals surface area contributed by atoms with Gasteiger partial charge in [0.2, 0.25) is 0 Å². The van der Waals surface area contributed by atoms with Gasteiger partial charge in [-0.25, -0.2) is 0 Å². The van der Waals surface area contributed by atoms with Crippen LogP contribution in [0.2, 0.25) is 0 Å². The van der Waals surface area contributed by atoms with E-state index >= 15 is 0 Å². The van der Waals surface area contributed by atoms with Crippen molar-refractivity contribution in [1.29, 1.82) is 0 Å². The van der Waals surface area contributed by atoms with E-state index in [-0.39, 0.29) is 29.1 Å². The first-order valence-electron chi connectivity index (χ1n) is 8.15. The second kappa shape index (κ2) is 8.54. The number of carbonyl (C=O) groups is 1. The molecule has 0 spiro atoms. The number of aldehydes is 1. The third-order valence-corrected chi connectivity index (χ3v) is 5.69. The van der Waals surface area contributed by atoms with Gasteiger partial charge in [0.05, 0.1) is 24.4 Å². The number of H-pyrrole nitrogens is 1. The van der Waals surface area contributed by atoms with Crippen molar-refractivity contribution in [3.05, 3.63) is 39.0 Å². The Balaban J connectivity index is 1.98. The molecule has 0 radical (unpaired) electrons. The molecule has 0 amide bonds. The van der Waals surface area contributed by atoms with E-state index in [1.807, 2.05) is 0 Å². The number of ether oxygens (including phenoxy) is 1. The first-order valence-corrected chi connectivity index (χ1v) is 10.5. The summed E-state index contributed by atoms with van der Waals surface area (Å²) in [4.78, 5) is 25.0. The summed E-state index contributed by atoms with van der Waals surface area (Å²) in [6, 6.07) is 0. The monoisotopic (exact) mass is 402 g/mol. The topological polar surface area (TPSA) is 99.6 Å². The van der Waals surface area contributed by atoms with Crippen LogP contribution >= 0.6 is 19.8 Å². The van der Waals surface area contributed by atoms with Gasteiger partial charge in [0.15, 0.2) is 11.1 Å². The van der Waals surface area contributed by atoms with Crippen molar-refractivity contribution in [2.75, 3.05) is 13.3 Å². The van der Waals surface area contributed by atoms with Crippen LogP contribution in [-0.4, -0.2) is 41.3 Å². The lowest BCUT2D eigenvalue weighted by molar-refractivity contribution is -0.0219. The van der Waals surface area contributed by atoms with Crippen LogP contribution in [0, 0.1) is 4.77 Å². The fourth-order valence-corrected chi connectivity index (χ4v) is 3.95. The minimum atomic E-state index is -3.24. The van der Waals surface area contributed by atoms with E-state index in [9.17, 15) is 14.2 Å². The van der Waals surface area contributed by atoms with Crippen LogP contribution < -0.4 is 5.56 Å². The highest BCUT2D eigenvalue weighted by Crippen LogP contribution is 2.46. The first-order chi connectivity index (χ1) is 12.1. The van der Waals surface area contributed by atoms with Gasteiger partial charge >= 0.3 is 7.60 Å². The average molecular weight is 402 g/mol. The molecule has 1 aromatic rings. The predicted octanol–water partition coefficient (Wildman–Crippen LogP) is 3.22. The summed E-state index contributed by atoms with van der Waals surface area (Å²) in [7, 11) is -3.24. The maximum atomic E-state index is 12.4. The second-order valence-electron chi connectivity index (χ2n) is 6.32. The molecule has 8 nitrogen and oxygen atoms in total. The fraction of sp³-hybridized carbons (Fsp3) is 0.562. The lowest BCUT2D eigenvalue weighted by Crippen LogP contribution is -2.22. The Morgan fingerprint density at radius 1 is 1.62 bits per heavy atom. The number of hydrogen-bond acceptors (Lipinski definition) is 7. The van der Waals surface area contributed by atoms with E-state index in [0.717, 1.165) is 5.57 Å². The smallest absolute Gasteiger partial charge is 0.328 e. The normalized spacial score (nSPS) is 23.3. The largest absolute Gasteiger partial charge is 0.352 e. The molecule has 0 aliphatic carbocycles. The number of nitrogens with one attached hydrogen (secondary N) is 1. The summed E-state index contributed by atoms with van der Waals surface area (Å²) in [6.45, 7) is 8.82. The lowest BCUT2D eigenvalue weighted by Gasteiger charge is -2.21. The van der Waals surface area contributed by atoms with Crippen molar-refractivity contribution >= 4 is 26.1 Å². The van der Waals surface area contributed by atoms with Crippen LogP contribution in [-0.2, 0) is 18.3 Å². The van der Waals surface area contributed by atoms with Crippen molar-refractivity contribution in [1.82, 2.24) is 9.55 Å². The van der Waals surface area contributed by atoms with Crippen LogP contribution in [0.25, 0.3) is 0 Å².